The number of ether oxygens (including phenoxy) is 2. The van der Waals surface area contributed by atoms with Gasteiger partial charge < -0.3 is 14.8 Å². The molecule has 0 heterocycles. The molecule has 4 heteroatoms. The van der Waals surface area contributed by atoms with Gasteiger partial charge in [-0.25, -0.2) is 0 Å². The SMILES string of the molecule is CCOc1c(I)cc(CNc2cccc(C)c2C)cc1OC. The van der Waals surface area contributed by atoms with Crippen molar-refractivity contribution in [1.29, 1.82) is 0 Å². The summed E-state index contributed by atoms with van der Waals surface area (Å²) in [6, 6.07) is 10.5. The summed E-state index contributed by atoms with van der Waals surface area (Å²) in [5.41, 5.74) is 4.92. The van der Waals surface area contributed by atoms with Crippen molar-refractivity contribution in [1.82, 2.24) is 0 Å². The molecule has 2 rings (SSSR count). The van der Waals surface area contributed by atoms with Crippen molar-refractivity contribution in [2.75, 3.05) is 19.0 Å². The van der Waals surface area contributed by atoms with Crippen LogP contribution in [0.3, 0.4) is 0 Å². The standard InChI is InChI=1S/C18H22INO2/c1-5-22-18-15(19)9-14(10-17(18)21-4)11-20-16-8-6-7-12(2)13(16)3/h6-10,20H,5,11H2,1-4H3. The van der Waals surface area contributed by atoms with E-state index in [1.807, 2.05) is 13.0 Å². The molecule has 0 bridgehead atoms. The molecule has 0 aliphatic heterocycles. The molecule has 2 aromatic rings. The second-order valence-electron chi connectivity index (χ2n) is 5.14. The molecule has 0 aliphatic rings. The minimum atomic E-state index is 0.631. The zero-order valence-corrected chi connectivity index (χ0v) is 15.7. The first kappa shape index (κ1) is 16.9. The predicted octanol–water partition coefficient (Wildman–Crippen LogP) is 4.93. The van der Waals surface area contributed by atoms with Crippen molar-refractivity contribution in [2.45, 2.75) is 27.3 Å². The molecule has 0 aliphatic carbocycles. The van der Waals surface area contributed by atoms with E-state index in [1.54, 1.807) is 7.11 Å². The van der Waals surface area contributed by atoms with Crippen molar-refractivity contribution in [2.24, 2.45) is 0 Å². The third-order valence-corrected chi connectivity index (χ3v) is 4.47. The van der Waals surface area contributed by atoms with Crippen LogP contribution in [0.25, 0.3) is 0 Å². The Kier molecular flexibility index (Phi) is 5.94. The average Bonchev–Trinajstić information content (AvgIpc) is 2.51. The minimum Gasteiger partial charge on any atom is -0.493 e. The summed E-state index contributed by atoms with van der Waals surface area (Å²) in [4.78, 5) is 0. The van der Waals surface area contributed by atoms with Crippen LogP contribution in [0.5, 0.6) is 11.5 Å². The summed E-state index contributed by atoms with van der Waals surface area (Å²) < 4.78 is 12.2. The number of halogens is 1. The van der Waals surface area contributed by atoms with Crippen LogP contribution in [0.1, 0.15) is 23.6 Å². The third-order valence-electron chi connectivity index (χ3n) is 3.67. The van der Waals surface area contributed by atoms with Crippen molar-refractivity contribution < 1.29 is 9.47 Å². The van der Waals surface area contributed by atoms with Gasteiger partial charge >= 0.3 is 0 Å². The molecule has 0 fully saturated rings. The Morgan fingerprint density at radius 1 is 1.18 bits per heavy atom. The van der Waals surface area contributed by atoms with Gasteiger partial charge in [0.05, 0.1) is 17.3 Å². The van der Waals surface area contributed by atoms with E-state index in [1.165, 1.54) is 22.4 Å². The first-order valence-electron chi connectivity index (χ1n) is 7.36. The normalized spacial score (nSPS) is 10.4. The topological polar surface area (TPSA) is 30.5 Å². The lowest BCUT2D eigenvalue weighted by atomic mass is 10.1. The summed E-state index contributed by atoms with van der Waals surface area (Å²) >= 11 is 2.29. The van der Waals surface area contributed by atoms with Crippen LogP contribution in [-0.2, 0) is 6.54 Å². The van der Waals surface area contributed by atoms with E-state index < -0.39 is 0 Å². The predicted molar refractivity (Wildman–Crippen MR) is 100 cm³/mol. The van der Waals surface area contributed by atoms with Crippen molar-refractivity contribution in [3.63, 3.8) is 0 Å². The molecule has 0 amide bonds. The Balaban J connectivity index is 2.20. The highest BCUT2D eigenvalue weighted by atomic mass is 127. The lowest BCUT2D eigenvalue weighted by molar-refractivity contribution is 0.308. The molecule has 0 aromatic heterocycles. The molecule has 3 nitrogen and oxygen atoms in total. The Bertz CT molecular complexity index is 656. The van der Waals surface area contributed by atoms with Gasteiger partial charge in [-0.1, -0.05) is 12.1 Å². The molecule has 0 saturated carbocycles. The number of hydrogen-bond acceptors (Lipinski definition) is 3. The van der Waals surface area contributed by atoms with Crippen LogP contribution in [0.2, 0.25) is 0 Å². The molecule has 0 spiro atoms. The molecule has 1 N–H and O–H groups in total. The van der Waals surface area contributed by atoms with Crippen LogP contribution < -0.4 is 14.8 Å². The van der Waals surface area contributed by atoms with Crippen LogP contribution in [-0.4, -0.2) is 13.7 Å². The zero-order chi connectivity index (χ0) is 16.1. The van der Waals surface area contributed by atoms with E-state index >= 15 is 0 Å². The van der Waals surface area contributed by atoms with E-state index in [-0.39, 0.29) is 0 Å². The maximum absolute atomic E-state index is 5.66. The van der Waals surface area contributed by atoms with Gasteiger partial charge in [0.1, 0.15) is 0 Å². The third kappa shape index (κ3) is 3.85. The van der Waals surface area contributed by atoms with Gasteiger partial charge in [0.25, 0.3) is 0 Å². The molecule has 118 valence electrons. The highest BCUT2D eigenvalue weighted by molar-refractivity contribution is 14.1. The zero-order valence-electron chi connectivity index (χ0n) is 13.5. The molecular weight excluding hydrogens is 389 g/mol. The smallest absolute Gasteiger partial charge is 0.174 e. The van der Waals surface area contributed by atoms with Gasteiger partial charge in [0.15, 0.2) is 11.5 Å². The number of aryl methyl sites for hydroxylation is 1. The van der Waals surface area contributed by atoms with E-state index in [4.69, 9.17) is 9.47 Å². The highest BCUT2D eigenvalue weighted by Gasteiger charge is 2.11. The fraction of sp³-hybridized carbons (Fsp3) is 0.333. The Morgan fingerprint density at radius 2 is 1.95 bits per heavy atom. The van der Waals surface area contributed by atoms with Crippen molar-refractivity contribution >= 4 is 28.3 Å². The summed E-state index contributed by atoms with van der Waals surface area (Å²) in [5, 5.41) is 3.50. The Hall–Kier alpha value is -1.43. The average molecular weight is 411 g/mol. The fourth-order valence-electron chi connectivity index (χ4n) is 2.30. The largest absolute Gasteiger partial charge is 0.493 e. The molecular formula is C18H22INO2. The van der Waals surface area contributed by atoms with Crippen molar-refractivity contribution in [3.05, 3.63) is 50.6 Å². The second-order valence-corrected chi connectivity index (χ2v) is 6.31. The van der Waals surface area contributed by atoms with Gasteiger partial charge in [-0.05, 0) is 78.3 Å². The number of benzene rings is 2. The van der Waals surface area contributed by atoms with E-state index in [0.29, 0.717) is 6.61 Å². The van der Waals surface area contributed by atoms with Gasteiger partial charge in [0, 0.05) is 12.2 Å². The molecule has 22 heavy (non-hydrogen) atoms. The molecule has 0 unspecified atom stereocenters. The van der Waals surface area contributed by atoms with E-state index in [9.17, 15) is 0 Å². The molecule has 0 atom stereocenters. The van der Waals surface area contributed by atoms with Crippen LogP contribution in [0.4, 0.5) is 5.69 Å². The second kappa shape index (κ2) is 7.72. The van der Waals surface area contributed by atoms with E-state index in [2.05, 4.69) is 66.0 Å². The van der Waals surface area contributed by atoms with Gasteiger partial charge in [-0.2, -0.15) is 0 Å². The van der Waals surface area contributed by atoms with Gasteiger partial charge in [0.2, 0.25) is 0 Å². The quantitative estimate of drug-likeness (QED) is 0.684. The van der Waals surface area contributed by atoms with Crippen molar-refractivity contribution in [3.8, 4) is 11.5 Å². The minimum absolute atomic E-state index is 0.631. The van der Waals surface area contributed by atoms with Gasteiger partial charge in [-0.3, -0.25) is 0 Å². The number of rotatable bonds is 6. The number of methoxy groups -OCH3 is 1. The highest BCUT2D eigenvalue weighted by Crippen LogP contribution is 2.34. The first-order valence-corrected chi connectivity index (χ1v) is 8.44. The summed E-state index contributed by atoms with van der Waals surface area (Å²) in [5.74, 6) is 1.60. The van der Waals surface area contributed by atoms with Crippen LogP contribution >= 0.6 is 22.6 Å². The van der Waals surface area contributed by atoms with Crippen LogP contribution in [0, 0.1) is 17.4 Å². The number of anilines is 1. The first-order chi connectivity index (χ1) is 10.6. The van der Waals surface area contributed by atoms with Gasteiger partial charge in [-0.15, -0.1) is 0 Å². The summed E-state index contributed by atoms with van der Waals surface area (Å²) in [6.45, 7) is 7.63. The Morgan fingerprint density at radius 3 is 2.64 bits per heavy atom. The summed E-state index contributed by atoms with van der Waals surface area (Å²) in [7, 11) is 1.68. The number of hydrogen-bond donors (Lipinski definition) is 1. The maximum atomic E-state index is 5.66. The summed E-state index contributed by atoms with van der Waals surface area (Å²) in [6.07, 6.45) is 0. The fourth-order valence-corrected chi connectivity index (χ4v) is 3.12. The molecule has 2 aromatic carbocycles. The maximum Gasteiger partial charge on any atom is 0.174 e. The molecule has 0 saturated heterocycles. The molecule has 0 radical (unpaired) electrons. The number of nitrogens with one attached hydrogen (secondary N) is 1. The lowest BCUT2D eigenvalue weighted by Crippen LogP contribution is -2.04. The van der Waals surface area contributed by atoms with E-state index in [0.717, 1.165) is 21.6 Å². The van der Waals surface area contributed by atoms with Crippen LogP contribution in [0.15, 0.2) is 30.3 Å². The monoisotopic (exact) mass is 411 g/mol. The Labute approximate surface area is 146 Å². The lowest BCUT2D eigenvalue weighted by Gasteiger charge is -2.15.